The van der Waals surface area contributed by atoms with Gasteiger partial charge < -0.3 is 14.2 Å². The monoisotopic (exact) mass is 364 g/mol. The molecule has 0 saturated heterocycles. The van der Waals surface area contributed by atoms with E-state index in [-0.39, 0.29) is 12.3 Å². The third-order valence-electron chi connectivity index (χ3n) is 4.47. The van der Waals surface area contributed by atoms with Crippen LogP contribution in [0.3, 0.4) is 0 Å². The second kappa shape index (κ2) is 8.18. The van der Waals surface area contributed by atoms with Gasteiger partial charge in [-0.1, -0.05) is 48.0 Å². The van der Waals surface area contributed by atoms with Crippen molar-refractivity contribution in [3.05, 3.63) is 71.4 Å². The minimum absolute atomic E-state index is 0.0429. The molecular weight excluding hydrogens is 340 g/mol. The summed E-state index contributed by atoms with van der Waals surface area (Å²) < 4.78 is 7.14. The van der Waals surface area contributed by atoms with Crippen molar-refractivity contribution >= 4 is 22.7 Å². The summed E-state index contributed by atoms with van der Waals surface area (Å²) in [6, 6.07) is 16.9. The number of esters is 1. The zero-order chi connectivity index (χ0) is 19.4. The second-order valence-electron chi connectivity index (χ2n) is 6.90. The van der Waals surface area contributed by atoms with Crippen LogP contribution in [0.25, 0.3) is 10.9 Å². The zero-order valence-corrected chi connectivity index (χ0v) is 15.9. The van der Waals surface area contributed by atoms with Crippen LogP contribution in [0.2, 0.25) is 0 Å². The molecule has 0 aliphatic heterocycles. The fourth-order valence-electron chi connectivity index (χ4n) is 2.92. The number of carbonyl (C=O) groups excluding carboxylic acids is 2. The number of para-hydroxylation sites is 1. The molecule has 0 aliphatic rings. The maximum atomic E-state index is 12.8. The number of ether oxygens (including phenoxy) is 1. The first-order chi connectivity index (χ1) is 13.0. The first-order valence-electron chi connectivity index (χ1n) is 8.95. The topological polar surface area (TPSA) is 51.5 Å². The number of hydrogen-bond acceptors (Lipinski definition) is 4. The molecule has 0 aliphatic carbocycles. The van der Waals surface area contributed by atoms with Crippen molar-refractivity contribution in [1.82, 2.24) is 9.47 Å². The third-order valence-corrected chi connectivity index (χ3v) is 4.47. The van der Waals surface area contributed by atoms with Gasteiger partial charge in [0.1, 0.15) is 12.3 Å². The molecule has 0 atom stereocenters. The minimum Gasteiger partial charge on any atom is -0.460 e. The highest BCUT2D eigenvalue weighted by atomic mass is 16.5. The van der Waals surface area contributed by atoms with Crippen LogP contribution in [0.15, 0.2) is 54.6 Å². The van der Waals surface area contributed by atoms with Crippen LogP contribution in [-0.4, -0.2) is 48.5 Å². The molecule has 3 rings (SSSR count). The number of carbonyl (C=O) groups is 2. The molecule has 0 amide bonds. The number of aryl methyl sites for hydroxylation is 1. The predicted octanol–water partition coefficient (Wildman–Crippen LogP) is 3.55. The van der Waals surface area contributed by atoms with Crippen molar-refractivity contribution in [2.45, 2.75) is 13.5 Å². The molecule has 140 valence electrons. The van der Waals surface area contributed by atoms with Gasteiger partial charge in [0, 0.05) is 23.0 Å². The number of likely N-dealkylation sites (N-methyl/N-ethyl adjacent to an activating group) is 1. The molecule has 0 fully saturated rings. The molecule has 0 spiro atoms. The average molecular weight is 364 g/mol. The Bertz CT molecular complexity index is 955. The standard InChI is InChI=1S/C22H24N2O3/c1-16-8-10-17(11-9-16)21(25)15-24-19-7-5-4-6-18(19)14-20(24)22(26)27-13-12-23(2)3/h4-11,14H,12-13,15H2,1-3H3. The van der Waals surface area contributed by atoms with Gasteiger partial charge in [-0.05, 0) is 33.2 Å². The van der Waals surface area contributed by atoms with Gasteiger partial charge in [0.2, 0.25) is 0 Å². The van der Waals surface area contributed by atoms with Gasteiger partial charge in [0.05, 0.1) is 6.54 Å². The molecule has 0 N–H and O–H groups in total. The molecule has 1 heterocycles. The second-order valence-corrected chi connectivity index (χ2v) is 6.90. The number of nitrogens with zero attached hydrogens (tertiary/aromatic N) is 2. The predicted molar refractivity (Wildman–Crippen MR) is 106 cm³/mol. The Kier molecular flexibility index (Phi) is 5.72. The van der Waals surface area contributed by atoms with Crippen LogP contribution in [0.5, 0.6) is 0 Å². The zero-order valence-electron chi connectivity index (χ0n) is 15.9. The van der Waals surface area contributed by atoms with E-state index in [1.807, 2.05) is 74.4 Å². The first kappa shape index (κ1) is 18.9. The van der Waals surface area contributed by atoms with Crippen LogP contribution >= 0.6 is 0 Å². The van der Waals surface area contributed by atoms with Crippen LogP contribution in [0, 0.1) is 6.92 Å². The Morgan fingerprint density at radius 3 is 2.44 bits per heavy atom. The summed E-state index contributed by atoms with van der Waals surface area (Å²) in [5, 5.41) is 0.911. The summed E-state index contributed by atoms with van der Waals surface area (Å²) in [7, 11) is 3.84. The van der Waals surface area contributed by atoms with E-state index in [1.54, 1.807) is 10.6 Å². The number of ketones is 1. The number of aromatic nitrogens is 1. The van der Waals surface area contributed by atoms with Crippen molar-refractivity contribution < 1.29 is 14.3 Å². The fourth-order valence-corrected chi connectivity index (χ4v) is 2.92. The van der Waals surface area contributed by atoms with Gasteiger partial charge in [-0.15, -0.1) is 0 Å². The van der Waals surface area contributed by atoms with Crippen molar-refractivity contribution in [2.75, 3.05) is 27.2 Å². The fraction of sp³-hybridized carbons (Fsp3) is 0.273. The number of fused-ring (bicyclic) bond motifs is 1. The van der Waals surface area contributed by atoms with Crippen LogP contribution < -0.4 is 0 Å². The van der Waals surface area contributed by atoms with Gasteiger partial charge in [0.15, 0.2) is 5.78 Å². The van der Waals surface area contributed by atoms with E-state index in [2.05, 4.69) is 0 Å². The van der Waals surface area contributed by atoms with Gasteiger partial charge in [-0.3, -0.25) is 4.79 Å². The molecule has 0 bridgehead atoms. The van der Waals surface area contributed by atoms with E-state index < -0.39 is 5.97 Å². The van der Waals surface area contributed by atoms with E-state index in [1.165, 1.54) is 0 Å². The van der Waals surface area contributed by atoms with Gasteiger partial charge >= 0.3 is 5.97 Å². The highest BCUT2D eigenvalue weighted by Crippen LogP contribution is 2.21. The van der Waals surface area contributed by atoms with Gasteiger partial charge in [-0.2, -0.15) is 0 Å². The largest absolute Gasteiger partial charge is 0.460 e. The molecule has 0 radical (unpaired) electrons. The van der Waals surface area contributed by atoms with Gasteiger partial charge in [-0.25, -0.2) is 4.79 Å². The highest BCUT2D eigenvalue weighted by Gasteiger charge is 2.19. The lowest BCUT2D eigenvalue weighted by atomic mass is 10.1. The summed E-state index contributed by atoms with van der Waals surface area (Å²) in [6.07, 6.45) is 0. The first-order valence-corrected chi connectivity index (χ1v) is 8.95. The van der Waals surface area contributed by atoms with E-state index in [0.717, 1.165) is 16.5 Å². The summed E-state index contributed by atoms with van der Waals surface area (Å²) in [4.78, 5) is 27.3. The molecule has 0 saturated carbocycles. The molecular formula is C22H24N2O3. The number of Topliss-reactive ketones (excluding diaryl/α,β-unsaturated/α-hetero) is 1. The molecule has 27 heavy (non-hydrogen) atoms. The maximum Gasteiger partial charge on any atom is 0.355 e. The summed E-state index contributed by atoms with van der Waals surface area (Å²) in [6.45, 7) is 3.03. The average Bonchev–Trinajstić information content (AvgIpc) is 3.00. The lowest BCUT2D eigenvalue weighted by Gasteiger charge is -2.12. The van der Waals surface area contributed by atoms with E-state index in [0.29, 0.717) is 24.4 Å². The van der Waals surface area contributed by atoms with Crippen molar-refractivity contribution in [3.63, 3.8) is 0 Å². The smallest absolute Gasteiger partial charge is 0.355 e. The third kappa shape index (κ3) is 4.44. The highest BCUT2D eigenvalue weighted by molar-refractivity contribution is 6.00. The summed E-state index contributed by atoms with van der Waals surface area (Å²) in [5.41, 5.74) is 2.97. The molecule has 5 nitrogen and oxygen atoms in total. The molecule has 2 aromatic carbocycles. The Hall–Kier alpha value is -2.92. The summed E-state index contributed by atoms with van der Waals surface area (Å²) in [5.74, 6) is -0.455. The van der Waals surface area contributed by atoms with Gasteiger partial charge in [0.25, 0.3) is 0 Å². The van der Waals surface area contributed by atoms with Crippen molar-refractivity contribution in [1.29, 1.82) is 0 Å². The van der Waals surface area contributed by atoms with E-state index >= 15 is 0 Å². The van der Waals surface area contributed by atoms with Crippen LogP contribution in [-0.2, 0) is 11.3 Å². The van der Waals surface area contributed by atoms with Crippen molar-refractivity contribution in [3.8, 4) is 0 Å². The summed E-state index contributed by atoms with van der Waals surface area (Å²) >= 11 is 0. The molecule has 5 heteroatoms. The number of rotatable bonds is 7. The van der Waals surface area contributed by atoms with Crippen LogP contribution in [0.1, 0.15) is 26.4 Å². The van der Waals surface area contributed by atoms with E-state index in [4.69, 9.17) is 4.74 Å². The Morgan fingerprint density at radius 2 is 1.74 bits per heavy atom. The van der Waals surface area contributed by atoms with E-state index in [9.17, 15) is 9.59 Å². The minimum atomic E-state index is -0.412. The van der Waals surface area contributed by atoms with Crippen molar-refractivity contribution in [2.24, 2.45) is 0 Å². The normalized spacial score (nSPS) is 11.1. The Labute approximate surface area is 159 Å². The Morgan fingerprint density at radius 1 is 1.04 bits per heavy atom. The van der Waals surface area contributed by atoms with Crippen LogP contribution in [0.4, 0.5) is 0 Å². The molecule has 0 unspecified atom stereocenters. The lowest BCUT2D eigenvalue weighted by molar-refractivity contribution is 0.0470. The number of benzene rings is 2. The Balaban J connectivity index is 1.89. The quantitative estimate of drug-likeness (QED) is 0.475. The lowest BCUT2D eigenvalue weighted by Crippen LogP contribution is -2.22. The maximum absolute atomic E-state index is 12.8. The number of hydrogen-bond donors (Lipinski definition) is 0. The SMILES string of the molecule is Cc1ccc(C(=O)Cn2c(C(=O)OCCN(C)C)cc3ccccc32)cc1. The molecule has 3 aromatic rings. The molecule has 1 aromatic heterocycles.